The molecule has 9 heteroatoms. The number of ether oxygens (including phenoxy) is 2. The summed E-state index contributed by atoms with van der Waals surface area (Å²) >= 11 is 7.97. The van der Waals surface area contributed by atoms with Gasteiger partial charge in [-0.1, -0.05) is 29.8 Å². The number of aromatic nitrogens is 4. The van der Waals surface area contributed by atoms with Gasteiger partial charge in [-0.15, -0.1) is 11.3 Å². The minimum atomic E-state index is -0.635. The van der Waals surface area contributed by atoms with E-state index in [1.165, 1.54) is 0 Å². The molecule has 0 bridgehead atoms. The monoisotopic (exact) mass is 666 g/mol. The Labute approximate surface area is 284 Å². The van der Waals surface area contributed by atoms with Gasteiger partial charge in [-0.25, -0.2) is 4.98 Å². The molecule has 47 heavy (non-hydrogen) atoms. The third kappa shape index (κ3) is 6.96. The van der Waals surface area contributed by atoms with Gasteiger partial charge in [0.1, 0.15) is 17.7 Å². The van der Waals surface area contributed by atoms with E-state index in [4.69, 9.17) is 31.0 Å². The van der Waals surface area contributed by atoms with E-state index in [1.807, 2.05) is 96.0 Å². The van der Waals surface area contributed by atoms with Gasteiger partial charge < -0.3 is 9.47 Å². The second-order valence-corrected chi connectivity index (χ2v) is 15.3. The number of nitrogens with zero attached hydrogens (tertiary/aromatic N) is 4. The van der Waals surface area contributed by atoms with Gasteiger partial charge in [-0.3, -0.25) is 14.5 Å². The molecule has 0 fully saturated rings. The Balaban J connectivity index is 1.49. The van der Waals surface area contributed by atoms with Gasteiger partial charge in [0.25, 0.3) is 0 Å². The number of fused-ring (bicyclic) bond motifs is 2. The predicted octanol–water partition coefficient (Wildman–Crippen LogP) is 9.99. The molecule has 1 unspecified atom stereocenters. The van der Waals surface area contributed by atoms with Crippen LogP contribution in [-0.2, 0) is 21.3 Å². The smallest absolute Gasteiger partial charge is 0.311 e. The van der Waals surface area contributed by atoms with E-state index in [9.17, 15) is 4.79 Å². The van der Waals surface area contributed by atoms with E-state index in [2.05, 4.69) is 42.4 Å². The number of halogens is 1. The third-order valence-electron chi connectivity index (χ3n) is 7.91. The van der Waals surface area contributed by atoms with Crippen LogP contribution in [0.2, 0.25) is 5.02 Å². The third-order valence-corrected chi connectivity index (χ3v) is 9.30. The molecule has 242 valence electrons. The quantitative estimate of drug-likeness (QED) is 0.158. The summed E-state index contributed by atoms with van der Waals surface area (Å²) < 4.78 is 15.4. The Morgan fingerprint density at radius 2 is 1.68 bits per heavy atom. The zero-order valence-corrected chi connectivity index (χ0v) is 29.6. The summed E-state index contributed by atoms with van der Waals surface area (Å²) in [7, 11) is 1.94. The molecule has 3 aromatic carbocycles. The summed E-state index contributed by atoms with van der Waals surface area (Å²) in [6.45, 7) is 13.7. The molecule has 6 rings (SSSR count). The second kappa shape index (κ2) is 12.5. The van der Waals surface area contributed by atoms with Crippen LogP contribution < -0.4 is 0 Å². The molecule has 3 aromatic heterocycles. The van der Waals surface area contributed by atoms with E-state index in [-0.39, 0.29) is 12.6 Å². The standard InChI is InChI=1S/C38H39ClN4O3S/c1-22-17-29-34(47-35(42-29)25-15-16-40-28(19-25)24-11-14-30-26(18-24)20-41-43(30)8)33(23-9-12-27(39)13-10-23)32(22)31(46-38(5,6)7)21-45-36(44)37(2,3)4/h9-20,31H,21H2,1-8H3. The van der Waals surface area contributed by atoms with E-state index in [0.29, 0.717) is 5.02 Å². The fraction of sp³-hybridized carbons (Fsp3) is 0.316. The highest BCUT2D eigenvalue weighted by Crippen LogP contribution is 2.45. The minimum absolute atomic E-state index is 0.0843. The van der Waals surface area contributed by atoms with E-state index in [1.54, 1.807) is 11.3 Å². The molecule has 7 nitrogen and oxygen atoms in total. The van der Waals surface area contributed by atoms with Gasteiger partial charge in [0, 0.05) is 40.3 Å². The van der Waals surface area contributed by atoms with Crippen molar-refractivity contribution in [1.29, 1.82) is 0 Å². The van der Waals surface area contributed by atoms with Gasteiger partial charge >= 0.3 is 5.97 Å². The van der Waals surface area contributed by atoms with Crippen molar-refractivity contribution in [1.82, 2.24) is 19.7 Å². The highest BCUT2D eigenvalue weighted by molar-refractivity contribution is 7.22. The fourth-order valence-electron chi connectivity index (χ4n) is 5.67. The minimum Gasteiger partial charge on any atom is -0.462 e. The Bertz CT molecular complexity index is 2100. The first-order valence-corrected chi connectivity index (χ1v) is 16.8. The van der Waals surface area contributed by atoms with Crippen LogP contribution in [0.15, 0.2) is 73.1 Å². The summed E-state index contributed by atoms with van der Waals surface area (Å²) in [5.41, 5.74) is 7.62. The number of thiazole rings is 1. The summed E-state index contributed by atoms with van der Waals surface area (Å²) in [5.74, 6) is -0.275. The van der Waals surface area contributed by atoms with Crippen molar-refractivity contribution in [3.8, 4) is 33.0 Å². The molecule has 0 saturated carbocycles. The maximum absolute atomic E-state index is 12.9. The highest BCUT2D eigenvalue weighted by Gasteiger charge is 2.31. The van der Waals surface area contributed by atoms with Crippen molar-refractivity contribution < 1.29 is 14.3 Å². The maximum atomic E-state index is 12.9. The zero-order valence-electron chi connectivity index (χ0n) is 28.0. The molecule has 0 N–H and O–H groups in total. The summed E-state index contributed by atoms with van der Waals surface area (Å²) in [4.78, 5) is 22.7. The number of benzene rings is 3. The van der Waals surface area contributed by atoms with Crippen LogP contribution in [-0.4, -0.2) is 37.9 Å². The van der Waals surface area contributed by atoms with Crippen molar-refractivity contribution in [2.24, 2.45) is 12.5 Å². The van der Waals surface area contributed by atoms with E-state index >= 15 is 0 Å². The Kier molecular flexibility index (Phi) is 8.72. The van der Waals surface area contributed by atoms with Gasteiger partial charge in [-0.2, -0.15) is 5.10 Å². The van der Waals surface area contributed by atoms with Gasteiger partial charge in [-0.05, 0) is 108 Å². The van der Waals surface area contributed by atoms with Crippen LogP contribution in [0.25, 0.3) is 54.1 Å². The van der Waals surface area contributed by atoms with E-state index < -0.39 is 17.1 Å². The summed E-state index contributed by atoms with van der Waals surface area (Å²) in [6, 6.07) is 20.3. The lowest BCUT2D eigenvalue weighted by molar-refractivity contribution is -0.162. The van der Waals surface area contributed by atoms with Crippen molar-refractivity contribution >= 4 is 50.0 Å². The molecule has 0 radical (unpaired) electrons. The summed E-state index contributed by atoms with van der Waals surface area (Å²) in [6.07, 6.45) is 3.18. The normalized spacial score (nSPS) is 13.0. The number of esters is 1. The number of carbonyl (C=O) groups excluding carboxylic acids is 1. The van der Waals surface area contributed by atoms with Gasteiger partial charge in [0.05, 0.1) is 38.6 Å². The van der Waals surface area contributed by atoms with Crippen LogP contribution in [0, 0.1) is 12.3 Å². The number of hydrogen-bond donors (Lipinski definition) is 0. The lowest BCUT2D eigenvalue weighted by Crippen LogP contribution is -2.30. The highest BCUT2D eigenvalue weighted by atomic mass is 35.5. The molecule has 0 aliphatic heterocycles. The van der Waals surface area contributed by atoms with Gasteiger partial charge in [0.2, 0.25) is 0 Å². The lowest BCUT2D eigenvalue weighted by atomic mass is 9.91. The number of hydrogen-bond acceptors (Lipinski definition) is 7. The second-order valence-electron chi connectivity index (χ2n) is 13.9. The SMILES string of the molecule is Cc1cc2nc(-c3ccnc(-c4ccc5c(cnn5C)c4)c3)sc2c(-c2ccc(Cl)cc2)c1C(COC(=O)C(C)(C)C)OC(C)(C)C. The van der Waals surface area contributed by atoms with Crippen molar-refractivity contribution in [3.63, 3.8) is 0 Å². The zero-order chi connectivity index (χ0) is 33.7. The van der Waals surface area contributed by atoms with Crippen LogP contribution in [0.1, 0.15) is 58.8 Å². The Morgan fingerprint density at radius 1 is 0.957 bits per heavy atom. The average molecular weight is 667 g/mol. The lowest BCUT2D eigenvalue weighted by Gasteiger charge is -2.31. The molecule has 0 amide bonds. The van der Waals surface area contributed by atoms with Crippen LogP contribution >= 0.6 is 22.9 Å². The molecule has 0 spiro atoms. The molecular weight excluding hydrogens is 628 g/mol. The van der Waals surface area contributed by atoms with Crippen molar-refractivity contribution in [2.45, 2.75) is 60.2 Å². The molecule has 0 saturated heterocycles. The fourth-order valence-corrected chi connectivity index (χ4v) is 6.92. The van der Waals surface area contributed by atoms with Crippen molar-refractivity contribution in [3.05, 3.63) is 89.2 Å². The number of rotatable bonds is 7. The number of aryl methyl sites for hydroxylation is 2. The number of pyridine rings is 1. The topological polar surface area (TPSA) is 79.1 Å². The molecule has 1 atom stereocenters. The number of carbonyl (C=O) groups is 1. The van der Waals surface area contributed by atoms with Gasteiger partial charge in [0.15, 0.2) is 0 Å². The van der Waals surface area contributed by atoms with Crippen LogP contribution in [0.4, 0.5) is 0 Å². The first-order valence-electron chi connectivity index (χ1n) is 15.6. The molecular formula is C38H39ClN4O3S. The van der Waals surface area contributed by atoms with Crippen molar-refractivity contribution in [2.75, 3.05) is 6.61 Å². The molecule has 3 heterocycles. The van der Waals surface area contributed by atoms with Crippen LogP contribution in [0.3, 0.4) is 0 Å². The average Bonchev–Trinajstić information content (AvgIpc) is 3.61. The predicted molar refractivity (Wildman–Crippen MR) is 192 cm³/mol. The first-order chi connectivity index (χ1) is 22.2. The largest absolute Gasteiger partial charge is 0.462 e. The molecule has 0 aliphatic rings. The van der Waals surface area contributed by atoms with Crippen LogP contribution in [0.5, 0.6) is 0 Å². The summed E-state index contributed by atoms with van der Waals surface area (Å²) in [5, 5.41) is 6.98. The Morgan fingerprint density at radius 3 is 2.38 bits per heavy atom. The maximum Gasteiger partial charge on any atom is 0.311 e. The molecule has 6 aromatic rings. The Hall–Kier alpha value is -4.11. The van der Waals surface area contributed by atoms with E-state index in [0.717, 1.165) is 65.2 Å². The first kappa shape index (κ1) is 32.8. The molecule has 0 aliphatic carbocycles.